The molecular formula is C19H13Cl2NS. The molecule has 0 bridgehead atoms. The molecule has 3 aromatic rings. The van der Waals surface area contributed by atoms with Crippen LogP contribution in [0.3, 0.4) is 0 Å². The van der Waals surface area contributed by atoms with Gasteiger partial charge < -0.3 is 0 Å². The van der Waals surface area contributed by atoms with Gasteiger partial charge >= 0.3 is 0 Å². The monoisotopic (exact) mass is 357 g/mol. The smallest absolute Gasteiger partial charge is 0.0816 e. The van der Waals surface area contributed by atoms with Crippen LogP contribution in [0.2, 0.25) is 10.0 Å². The quantitative estimate of drug-likeness (QED) is 0.462. The Kier molecular flexibility index (Phi) is 5.39. The molecule has 3 rings (SSSR count). The highest BCUT2D eigenvalue weighted by molar-refractivity contribution is 7.99. The maximum Gasteiger partial charge on any atom is 0.0816 e. The molecule has 114 valence electrons. The summed E-state index contributed by atoms with van der Waals surface area (Å²) in [5.74, 6) is 0. The average Bonchev–Trinajstić information content (AvgIpc) is 2.58. The maximum atomic E-state index is 6.09. The lowest BCUT2D eigenvalue weighted by molar-refractivity contribution is 1.40. The predicted octanol–water partition coefficient (Wildman–Crippen LogP) is 6.90. The Morgan fingerprint density at radius 1 is 0.739 bits per heavy atom. The van der Waals surface area contributed by atoms with Crippen LogP contribution in [0.15, 0.2) is 87.6 Å². The number of hydrogen-bond acceptors (Lipinski definition) is 2. The molecule has 3 aromatic carbocycles. The van der Waals surface area contributed by atoms with Crippen LogP contribution in [0.1, 0.15) is 5.56 Å². The fourth-order valence-electron chi connectivity index (χ4n) is 1.96. The molecule has 0 N–H and O–H groups in total. The topological polar surface area (TPSA) is 12.4 Å². The Labute approximate surface area is 150 Å². The van der Waals surface area contributed by atoms with E-state index in [1.807, 2.05) is 66.9 Å². The fourth-order valence-corrected chi connectivity index (χ4v) is 3.09. The molecule has 0 aliphatic heterocycles. The largest absolute Gasteiger partial charge is 0.255 e. The van der Waals surface area contributed by atoms with Crippen molar-refractivity contribution in [3.05, 3.63) is 88.4 Å². The summed E-state index contributed by atoms with van der Waals surface area (Å²) in [5, 5.41) is 1.40. The molecular weight excluding hydrogens is 345 g/mol. The van der Waals surface area contributed by atoms with Crippen molar-refractivity contribution in [3.8, 4) is 0 Å². The third-order valence-corrected chi connectivity index (χ3v) is 4.72. The summed E-state index contributed by atoms with van der Waals surface area (Å²) in [6.45, 7) is 0. The molecule has 23 heavy (non-hydrogen) atoms. The van der Waals surface area contributed by atoms with Gasteiger partial charge in [-0.25, -0.2) is 0 Å². The van der Waals surface area contributed by atoms with Gasteiger partial charge in [0.25, 0.3) is 0 Å². The van der Waals surface area contributed by atoms with Crippen LogP contribution in [0.5, 0.6) is 0 Å². The first kappa shape index (κ1) is 16.1. The standard InChI is InChI=1S/C19H13Cl2NS/c20-15-7-11-17(12-8-15)23-16-9-5-14(6-10-16)13-22-19-4-2-1-3-18(19)21/h1-13H. The maximum absolute atomic E-state index is 6.09. The summed E-state index contributed by atoms with van der Waals surface area (Å²) in [7, 11) is 0. The Bertz CT molecular complexity index is 812. The first-order valence-electron chi connectivity index (χ1n) is 7.03. The van der Waals surface area contributed by atoms with Crippen molar-refractivity contribution in [3.63, 3.8) is 0 Å². The third-order valence-electron chi connectivity index (χ3n) is 3.13. The van der Waals surface area contributed by atoms with E-state index in [1.165, 1.54) is 4.90 Å². The van der Waals surface area contributed by atoms with Gasteiger partial charge in [-0.05, 0) is 54.1 Å². The molecule has 0 amide bonds. The van der Waals surface area contributed by atoms with Crippen LogP contribution in [-0.2, 0) is 0 Å². The third kappa shape index (κ3) is 4.61. The number of aliphatic imine (C=N–C) groups is 1. The minimum Gasteiger partial charge on any atom is -0.255 e. The number of benzene rings is 3. The molecule has 0 aliphatic carbocycles. The van der Waals surface area contributed by atoms with Crippen molar-refractivity contribution in [2.45, 2.75) is 9.79 Å². The molecule has 0 aliphatic rings. The molecule has 0 unspecified atom stereocenters. The second-order valence-electron chi connectivity index (χ2n) is 4.83. The van der Waals surface area contributed by atoms with Gasteiger partial charge in [0.15, 0.2) is 0 Å². The van der Waals surface area contributed by atoms with E-state index in [9.17, 15) is 0 Å². The Morgan fingerprint density at radius 2 is 1.35 bits per heavy atom. The normalized spacial score (nSPS) is 11.0. The van der Waals surface area contributed by atoms with Crippen LogP contribution in [0.25, 0.3) is 0 Å². The molecule has 0 heterocycles. The van der Waals surface area contributed by atoms with E-state index in [-0.39, 0.29) is 0 Å². The van der Waals surface area contributed by atoms with E-state index in [4.69, 9.17) is 23.2 Å². The zero-order valence-corrected chi connectivity index (χ0v) is 14.4. The van der Waals surface area contributed by atoms with Gasteiger partial charge in [0.1, 0.15) is 0 Å². The summed E-state index contributed by atoms with van der Waals surface area (Å²) < 4.78 is 0. The number of hydrogen-bond donors (Lipinski definition) is 0. The van der Waals surface area contributed by atoms with Crippen molar-refractivity contribution < 1.29 is 0 Å². The van der Waals surface area contributed by atoms with Crippen molar-refractivity contribution in [1.82, 2.24) is 0 Å². The lowest BCUT2D eigenvalue weighted by atomic mass is 10.2. The van der Waals surface area contributed by atoms with E-state index in [2.05, 4.69) is 17.1 Å². The SMILES string of the molecule is Clc1ccc(Sc2ccc(C=Nc3ccccc3Cl)cc2)cc1. The van der Waals surface area contributed by atoms with Crippen molar-refractivity contribution in [1.29, 1.82) is 0 Å². The van der Waals surface area contributed by atoms with Crippen molar-refractivity contribution in [2.75, 3.05) is 0 Å². The van der Waals surface area contributed by atoms with Gasteiger partial charge in [0.05, 0.1) is 10.7 Å². The van der Waals surface area contributed by atoms with Gasteiger partial charge in [-0.2, -0.15) is 0 Å². The van der Waals surface area contributed by atoms with Crippen LogP contribution >= 0.6 is 35.0 Å². The van der Waals surface area contributed by atoms with Crippen LogP contribution < -0.4 is 0 Å². The van der Waals surface area contributed by atoms with E-state index < -0.39 is 0 Å². The van der Waals surface area contributed by atoms with Gasteiger partial charge in [-0.15, -0.1) is 0 Å². The van der Waals surface area contributed by atoms with Crippen LogP contribution in [-0.4, -0.2) is 6.21 Å². The molecule has 4 heteroatoms. The minimum absolute atomic E-state index is 0.652. The second kappa shape index (κ2) is 7.69. The molecule has 0 saturated carbocycles. The predicted molar refractivity (Wildman–Crippen MR) is 101 cm³/mol. The molecule has 0 atom stereocenters. The van der Waals surface area contributed by atoms with E-state index in [1.54, 1.807) is 11.8 Å². The van der Waals surface area contributed by atoms with E-state index in [0.29, 0.717) is 5.02 Å². The van der Waals surface area contributed by atoms with Crippen LogP contribution in [0, 0.1) is 0 Å². The molecule has 0 spiro atoms. The number of halogens is 2. The van der Waals surface area contributed by atoms with Crippen molar-refractivity contribution >= 4 is 46.9 Å². The highest BCUT2D eigenvalue weighted by Crippen LogP contribution is 2.29. The summed E-state index contributed by atoms with van der Waals surface area (Å²) >= 11 is 13.7. The second-order valence-corrected chi connectivity index (χ2v) is 6.83. The highest BCUT2D eigenvalue weighted by atomic mass is 35.5. The minimum atomic E-state index is 0.652. The zero-order valence-electron chi connectivity index (χ0n) is 12.1. The summed E-state index contributed by atoms with van der Waals surface area (Å²) in [4.78, 5) is 6.75. The summed E-state index contributed by atoms with van der Waals surface area (Å²) in [5.41, 5.74) is 1.80. The summed E-state index contributed by atoms with van der Waals surface area (Å²) in [6, 6.07) is 23.6. The molecule has 0 aromatic heterocycles. The average molecular weight is 358 g/mol. The van der Waals surface area contributed by atoms with Crippen LogP contribution in [0.4, 0.5) is 5.69 Å². The first-order chi connectivity index (χ1) is 11.2. The lowest BCUT2D eigenvalue weighted by Gasteiger charge is -2.02. The molecule has 0 saturated heterocycles. The van der Waals surface area contributed by atoms with Crippen molar-refractivity contribution in [2.24, 2.45) is 4.99 Å². The van der Waals surface area contributed by atoms with Gasteiger partial charge in [0, 0.05) is 21.0 Å². The molecule has 0 fully saturated rings. The summed E-state index contributed by atoms with van der Waals surface area (Å²) in [6.07, 6.45) is 1.82. The zero-order chi connectivity index (χ0) is 16.1. The Morgan fingerprint density at radius 3 is 2.00 bits per heavy atom. The van der Waals surface area contributed by atoms with Gasteiger partial charge in [-0.3, -0.25) is 4.99 Å². The van der Waals surface area contributed by atoms with E-state index >= 15 is 0 Å². The lowest BCUT2D eigenvalue weighted by Crippen LogP contribution is -1.81. The number of para-hydroxylation sites is 1. The highest BCUT2D eigenvalue weighted by Gasteiger charge is 1.99. The van der Waals surface area contributed by atoms with Gasteiger partial charge in [-0.1, -0.05) is 59.2 Å². The van der Waals surface area contributed by atoms with E-state index in [0.717, 1.165) is 21.2 Å². The first-order valence-corrected chi connectivity index (χ1v) is 8.60. The van der Waals surface area contributed by atoms with Gasteiger partial charge in [0.2, 0.25) is 0 Å². The number of rotatable bonds is 4. The Balaban J connectivity index is 1.69. The Hall–Kier alpha value is -1.74. The number of nitrogens with zero attached hydrogens (tertiary/aromatic N) is 1. The molecule has 1 nitrogen and oxygen atoms in total. The fraction of sp³-hybridized carbons (Fsp3) is 0. The molecule has 0 radical (unpaired) electrons.